The van der Waals surface area contributed by atoms with Gasteiger partial charge in [-0.1, -0.05) is 56.0 Å². The zero-order chi connectivity index (χ0) is 25.4. The number of phenolic OH excluding ortho intramolecular Hbond substituents is 2. The monoisotopic (exact) mass is 465 g/mol. The number of rotatable bonds is 4. The van der Waals surface area contributed by atoms with Crippen LogP contribution >= 0.6 is 0 Å². The number of nitrogens with zero attached hydrogens (tertiary/aromatic N) is 2. The molecule has 5 nitrogen and oxygen atoms in total. The molecule has 0 bridgehead atoms. The Kier molecular flexibility index (Phi) is 6.35. The van der Waals surface area contributed by atoms with Gasteiger partial charge in [-0.15, -0.1) is 0 Å². The molecule has 0 saturated carbocycles. The average molecular weight is 466 g/mol. The number of allylic oxidation sites excluding steroid dienone is 1. The van der Waals surface area contributed by atoms with Crippen molar-refractivity contribution in [3.63, 3.8) is 0 Å². The molecule has 0 aliphatic heterocycles. The summed E-state index contributed by atoms with van der Waals surface area (Å²) in [4.78, 5) is 9.45. The predicted molar refractivity (Wildman–Crippen MR) is 145 cm³/mol. The third-order valence-electron chi connectivity index (χ3n) is 6.91. The molecule has 1 aliphatic carbocycles. The lowest BCUT2D eigenvalue weighted by molar-refractivity contribution is 0.442. The normalized spacial score (nSPS) is 15.7. The molecule has 0 unspecified atom stereocenters. The van der Waals surface area contributed by atoms with E-state index in [9.17, 15) is 10.2 Å². The molecule has 0 heterocycles. The second-order valence-electron chi connectivity index (χ2n) is 9.12. The van der Waals surface area contributed by atoms with Crippen LogP contribution in [0, 0.1) is 27.7 Å². The molecule has 1 atom stereocenters. The predicted octanol–water partition coefficient (Wildman–Crippen LogP) is 6.31. The maximum Gasteiger partial charge on any atom is 0.165 e. The van der Waals surface area contributed by atoms with Gasteiger partial charge in [0.15, 0.2) is 5.84 Å². The average Bonchev–Trinajstić information content (AvgIpc) is 3.17. The van der Waals surface area contributed by atoms with Crippen LogP contribution in [0.3, 0.4) is 0 Å². The van der Waals surface area contributed by atoms with E-state index in [1.54, 1.807) is 13.0 Å². The Morgan fingerprint density at radius 3 is 2.29 bits per heavy atom. The first-order valence-corrected chi connectivity index (χ1v) is 11.6. The van der Waals surface area contributed by atoms with Gasteiger partial charge >= 0.3 is 0 Å². The highest BCUT2D eigenvalue weighted by Crippen LogP contribution is 2.36. The highest BCUT2D eigenvalue weighted by atomic mass is 16.3. The van der Waals surface area contributed by atoms with Crippen LogP contribution in [-0.2, 0) is 0 Å². The fourth-order valence-electron chi connectivity index (χ4n) is 4.44. The molecular formula is C30H31N3O2. The van der Waals surface area contributed by atoms with Gasteiger partial charge in [0.2, 0.25) is 0 Å². The summed E-state index contributed by atoms with van der Waals surface area (Å²) in [6, 6.07) is 15.3. The van der Waals surface area contributed by atoms with Crippen LogP contribution in [0.5, 0.6) is 11.5 Å². The second-order valence-corrected chi connectivity index (χ2v) is 9.12. The largest absolute Gasteiger partial charge is 0.508 e. The number of hydrogen-bond acceptors (Lipinski definition) is 3. The number of amidine groups is 2. The zero-order valence-corrected chi connectivity index (χ0v) is 20.8. The standard InChI is InChI=1S/C30H31N3O2/c1-16-11-12-23(19(4)18(16)3)21(6)32-30(25-13-14-27(34)20(5)28(25)35)33-29(31)26-15-17(2)22-9-7-8-10-24(22)26/h7-15,17,34-35H,6H2,1-5H3,(H2,31,32,33)/t17-/m1/s1. The molecule has 178 valence electrons. The molecule has 0 aromatic heterocycles. The topological polar surface area (TPSA) is 91.2 Å². The minimum absolute atomic E-state index is 0.00682. The molecule has 0 radical (unpaired) electrons. The van der Waals surface area contributed by atoms with Crippen molar-refractivity contribution in [1.29, 1.82) is 0 Å². The number of fused-ring (bicyclic) bond motifs is 1. The number of aromatic hydroxyl groups is 2. The number of nitrogens with two attached hydrogens (primary N) is 1. The van der Waals surface area contributed by atoms with E-state index in [4.69, 9.17) is 15.7 Å². The zero-order valence-electron chi connectivity index (χ0n) is 20.8. The van der Waals surface area contributed by atoms with E-state index in [0.717, 1.165) is 22.3 Å². The van der Waals surface area contributed by atoms with Gasteiger partial charge in [0, 0.05) is 22.6 Å². The maximum atomic E-state index is 10.9. The first-order valence-electron chi connectivity index (χ1n) is 11.6. The summed E-state index contributed by atoms with van der Waals surface area (Å²) in [5.74, 6) is 0.637. The van der Waals surface area contributed by atoms with E-state index in [2.05, 4.69) is 39.5 Å². The van der Waals surface area contributed by atoms with Gasteiger partial charge in [-0.25, -0.2) is 9.98 Å². The highest BCUT2D eigenvalue weighted by Gasteiger charge is 2.23. The van der Waals surface area contributed by atoms with Crippen LogP contribution < -0.4 is 5.73 Å². The molecule has 4 N–H and O–H groups in total. The van der Waals surface area contributed by atoms with Gasteiger partial charge in [0.05, 0.1) is 11.3 Å². The lowest BCUT2D eigenvalue weighted by Crippen LogP contribution is -2.16. The van der Waals surface area contributed by atoms with Crippen LogP contribution in [0.4, 0.5) is 0 Å². The van der Waals surface area contributed by atoms with Crippen LogP contribution in [0.1, 0.15) is 57.3 Å². The minimum atomic E-state index is -0.0981. The van der Waals surface area contributed by atoms with Crippen LogP contribution in [0.15, 0.2) is 71.2 Å². The van der Waals surface area contributed by atoms with E-state index in [0.29, 0.717) is 22.7 Å². The summed E-state index contributed by atoms with van der Waals surface area (Å²) in [6.45, 7) is 14.1. The van der Waals surface area contributed by atoms with Crippen LogP contribution in [0.2, 0.25) is 0 Å². The molecule has 1 aliphatic rings. The van der Waals surface area contributed by atoms with Crippen LogP contribution in [0.25, 0.3) is 11.3 Å². The van der Waals surface area contributed by atoms with Crippen molar-refractivity contribution in [2.45, 2.75) is 40.5 Å². The number of benzene rings is 3. The highest BCUT2D eigenvalue weighted by molar-refractivity contribution is 6.27. The molecule has 4 rings (SSSR count). The number of phenols is 2. The molecule has 0 fully saturated rings. The molecular weight excluding hydrogens is 434 g/mol. The quantitative estimate of drug-likeness (QED) is 0.312. The van der Waals surface area contributed by atoms with Crippen molar-refractivity contribution < 1.29 is 10.2 Å². The van der Waals surface area contributed by atoms with Gasteiger partial charge in [-0.05, 0) is 67.6 Å². The number of aliphatic imine (C=N–C) groups is 2. The molecule has 0 amide bonds. The Morgan fingerprint density at radius 2 is 1.54 bits per heavy atom. The second kappa shape index (κ2) is 9.26. The van der Waals surface area contributed by atoms with E-state index in [1.807, 2.05) is 37.3 Å². The lowest BCUT2D eigenvalue weighted by Gasteiger charge is -2.14. The van der Waals surface area contributed by atoms with Crippen molar-refractivity contribution in [2.75, 3.05) is 0 Å². The molecule has 0 saturated heterocycles. The molecule has 0 spiro atoms. The summed E-state index contributed by atoms with van der Waals surface area (Å²) in [6.07, 6.45) is 2.09. The SMILES string of the molecule is C=C(N=C(N=C(N)C1=C[C@@H](C)c2ccccc21)c1ccc(O)c(C)c1O)c1ccc(C)c(C)c1C. The van der Waals surface area contributed by atoms with Gasteiger partial charge in [0.25, 0.3) is 0 Å². The Balaban J connectivity index is 1.87. The minimum Gasteiger partial charge on any atom is -0.508 e. The Bertz CT molecular complexity index is 1440. The fourth-order valence-corrected chi connectivity index (χ4v) is 4.44. The summed E-state index contributed by atoms with van der Waals surface area (Å²) < 4.78 is 0. The van der Waals surface area contributed by atoms with Crippen molar-refractivity contribution in [3.8, 4) is 11.5 Å². The summed E-state index contributed by atoms with van der Waals surface area (Å²) in [7, 11) is 0. The lowest BCUT2D eigenvalue weighted by atomic mass is 9.97. The van der Waals surface area contributed by atoms with Crippen molar-refractivity contribution in [1.82, 2.24) is 0 Å². The summed E-state index contributed by atoms with van der Waals surface area (Å²) in [5, 5.41) is 20.9. The van der Waals surface area contributed by atoms with Gasteiger partial charge in [-0.2, -0.15) is 0 Å². The first kappa shape index (κ1) is 24.0. The summed E-state index contributed by atoms with van der Waals surface area (Å²) in [5.41, 5.74) is 15.2. The Hall–Kier alpha value is -4.12. The first-order chi connectivity index (χ1) is 16.6. The molecule has 3 aromatic carbocycles. The summed E-state index contributed by atoms with van der Waals surface area (Å²) >= 11 is 0. The molecule has 35 heavy (non-hydrogen) atoms. The van der Waals surface area contributed by atoms with Gasteiger partial charge in [0.1, 0.15) is 17.3 Å². The smallest absolute Gasteiger partial charge is 0.165 e. The molecule has 3 aromatic rings. The fraction of sp³-hybridized carbons (Fsp3) is 0.200. The third kappa shape index (κ3) is 4.37. The molecule has 5 heteroatoms. The third-order valence-corrected chi connectivity index (χ3v) is 6.91. The van der Waals surface area contributed by atoms with Crippen molar-refractivity contribution >= 4 is 22.9 Å². The van der Waals surface area contributed by atoms with E-state index < -0.39 is 0 Å². The van der Waals surface area contributed by atoms with Gasteiger partial charge < -0.3 is 15.9 Å². The number of hydrogen-bond donors (Lipinski definition) is 3. The van der Waals surface area contributed by atoms with Crippen molar-refractivity contribution in [2.24, 2.45) is 15.7 Å². The van der Waals surface area contributed by atoms with E-state index >= 15 is 0 Å². The van der Waals surface area contributed by atoms with E-state index in [1.165, 1.54) is 22.8 Å². The van der Waals surface area contributed by atoms with E-state index in [-0.39, 0.29) is 23.3 Å². The van der Waals surface area contributed by atoms with Gasteiger partial charge in [-0.3, -0.25) is 0 Å². The van der Waals surface area contributed by atoms with Crippen LogP contribution in [-0.4, -0.2) is 21.9 Å². The Morgan fingerprint density at radius 1 is 0.857 bits per heavy atom. The Labute approximate surface area is 206 Å². The number of aryl methyl sites for hydroxylation is 1. The van der Waals surface area contributed by atoms with Crippen molar-refractivity contribution in [3.05, 3.63) is 106 Å². The maximum absolute atomic E-state index is 10.9.